The first-order chi connectivity index (χ1) is 17.0. The van der Waals surface area contributed by atoms with Crippen LogP contribution in [0.2, 0.25) is 5.02 Å². The summed E-state index contributed by atoms with van der Waals surface area (Å²) in [5.41, 5.74) is 3.74. The van der Waals surface area contributed by atoms with E-state index in [1.807, 2.05) is 65.2 Å². The highest BCUT2D eigenvalue weighted by Gasteiger charge is 2.18. The summed E-state index contributed by atoms with van der Waals surface area (Å²) in [5.74, 6) is 1.95. The summed E-state index contributed by atoms with van der Waals surface area (Å²) < 4.78 is 7.29. The van der Waals surface area contributed by atoms with Crippen LogP contribution in [-0.4, -0.2) is 33.5 Å². The van der Waals surface area contributed by atoms with E-state index in [0.29, 0.717) is 21.9 Å². The van der Waals surface area contributed by atoms with Gasteiger partial charge in [-0.3, -0.25) is 9.36 Å². The number of anilines is 1. The minimum Gasteiger partial charge on any atom is -0.497 e. The Morgan fingerprint density at radius 1 is 1.09 bits per heavy atom. The Kier molecular flexibility index (Phi) is 8.10. The summed E-state index contributed by atoms with van der Waals surface area (Å²) in [4.78, 5) is 12.7. The first-order valence-corrected chi connectivity index (χ1v) is 12.7. The first-order valence-electron chi connectivity index (χ1n) is 11.4. The van der Waals surface area contributed by atoms with Gasteiger partial charge < -0.3 is 10.1 Å². The minimum absolute atomic E-state index is 0.111. The smallest absolute Gasteiger partial charge is 0.234 e. The number of methoxy groups -OCH3 is 1. The van der Waals surface area contributed by atoms with E-state index in [9.17, 15) is 4.79 Å². The number of hydrogen-bond donors (Lipinski definition) is 1. The van der Waals surface area contributed by atoms with Gasteiger partial charge in [-0.15, -0.1) is 10.2 Å². The molecule has 4 rings (SSSR count). The molecule has 8 heteroatoms. The van der Waals surface area contributed by atoms with E-state index in [1.165, 1.54) is 17.3 Å². The highest BCUT2D eigenvalue weighted by Crippen LogP contribution is 2.30. The maximum absolute atomic E-state index is 12.7. The third-order valence-corrected chi connectivity index (χ3v) is 6.94. The number of aromatic nitrogens is 3. The number of benzene rings is 3. The number of nitrogens with one attached hydrogen (secondary N) is 1. The molecule has 0 aliphatic heterocycles. The Morgan fingerprint density at radius 2 is 1.83 bits per heavy atom. The molecule has 180 valence electrons. The predicted molar refractivity (Wildman–Crippen MR) is 143 cm³/mol. The lowest BCUT2D eigenvalue weighted by Crippen LogP contribution is -2.14. The molecule has 1 N–H and O–H groups in total. The summed E-state index contributed by atoms with van der Waals surface area (Å²) in [7, 11) is 1.63. The Hall–Kier alpha value is -3.29. The number of nitrogens with zero attached hydrogens (tertiary/aromatic N) is 3. The predicted octanol–water partition coefficient (Wildman–Crippen LogP) is 6.84. The van der Waals surface area contributed by atoms with Crippen LogP contribution in [0.1, 0.15) is 31.7 Å². The monoisotopic (exact) mass is 506 g/mol. The van der Waals surface area contributed by atoms with E-state index >= 15 is 0 Å². The second-order valence-corrected chi connectivity index (χ2v) is 9.50. The maximum Gasteiger partial charge on any atom is 0.234 e. The van der Waals surface area contributed by atoms with Crippen LogP contribution in [0.4, 0.5) is 5.69 Å². The van der Waals surface area contributed by atoms with Crippen molar-refractivity contribution >= 4 is 35.0 Å². The van der Waals surface area contributed by atoms with Crippen molar-refractivity contribution in [2.24, 2.45) is 0 Å². The first kappa shape index (κ1) is 24.8. The van der Waals surface area contributed by atoms with Gasteiger partial charge in [-0.05, 0) is 66.4 Å². The van der Waals surface area contributed by atoms with Gasteiger partial charge in [0, 0.05) is 22.0 Å². The van der Waals surface area contributed by atoms with Crippen LogP contribution in [0.25, 0.3) is 17.1 Å². The van der Waals surface area contributed by atoms with Gasteiger partial charge >= 0.3 is 0 Å². The second-order valence-electron chi connectivity index (χ2n) is 8.12. The Bertz CT molecular complexity index is 1290. The lowest BCUT2D eigenvalue weighted by Gasteiger charge is -2.12. The highest BCUT2D eigenvalue weighted by atomic mass is 35.5. The number of carbonyl (C=O) groups excluding carboxylic acids is 1. The lowest BCUT2D eigenvalue weighted by molar-refractivity contribution is -0.113. The van der Waals surface area contributed by atoms with Crippen molar-refractivity contribution in [2.45, 2.75) is 31.3 Å². The van der Waals surface area contributed by atoms with Crippen molar-refractivity contribution in [1.82, 2.24) is 14.8 Å². The van der Waals surface area contributed by atoms with Gasteiger partial charge in [0.25, 0.3) is 0 Å². The molecule has 0 fully saturated rings. The molecule has 0 bridgehead atoms. The molecule has 1 amide bonds. The largest absolute Gasteiger partial charge is 0.497 e. The molecule has 0 radical (unpaired) electrons. The molecular weight excluding hydrogens is 480 g/mol. The molecule has 0 aliphatic rings. The molecular formula is C27H27ClN4O2S. The van der Waals surface area contributed by atoms with Crippen molar-refractivity contribution in [2.75, 3.05) is 18.2 Å². The molecule has 1 atom stereocenters. The van der Waals surface area contributed by atoms with E-state index in [4.69, 9.17) is 16.3 Å². The molecule has 0 saturated carbocycles. The normalized spacial score (nSPS) is 11.8. The zero-order valence-corrected chi connectivity index (χ0v) is 21.4. The molecule has 0 unspecified atom stereocenters. The molecule has 3 aromatic carbocycles. The standard InChI is InChI=1S/C27H27ClN4O2S/c1-4-18(2)19-8-12-22(13-9-19)29-25(33)17-35-27-31-30-26(20-6-5-7-24(16-20)34-3)32(27)23-14-10-21(28)11-15-23/h5-16,18H,4,17H2,1-3H3,(H,29,33)/t18-/m1/s1. The zero-order chi connectivity index (χ0) is 24.8. The number of ether oxygens (including phenoxy) is 1. The fourth-order valence-corrected chi connectivity index (χ4v) is 4.47. The summed E-state index contributed by atoms with van der Waals surface area (Å²) in [6.07, 6.45) is 1.08. The van der Waals surface area contributed by atoms with Crippen molar-refractivity contribution in [3.8, 4) is 22.8 Å². The van der Waals surface area contributed by atoms with Crippen molar-refractivity contribution in [1.29, 1.82) is 0 Å². The third-order valence-electron chi connectivity index (χ3n) is 5.75. The summed E-state index contributed by atoms with van der Waals surface area (Å²) in [6, 6.07) is 23.1. The average Bonchev–Trinajstić information content (AvgIpc) is 3.32. The van der Waals surface area contributed by atoms with Crippen LogP contribution < -0.4 is 10.1 Å². The molecule has 35 heavy (non-hydrogen) atoms. The Balaban J connectivity index is 1.54. The van der Waals surface area contributed by atoms with Crippen LogP contribution in [-0.2, 0) is 4.79 Å². The maximum atomic E-state index is 12.7. The summed E-state index contributed by atoms with van der Waals surface area (Å²) >= 11 is 7.43. The van der Waals surface area contributed by atoms with Gasteiger partial charge in [-0.25, -0.2) is 0 Å². The van der Waals surface area contributed by atoms with Crippen molar-refractivity contribution in [3.63, 3.8) is 0 Å². The number of rotatable bonds is 9. The van der Waals surface area contributed by atoms with Crippen molar-refractivity contribution < 1.29 is 9.53 Å². The van der Waals surface area contributed by atoms with Crippen LogP contribution in [0.5, 0.6) is 5.75 Å². The fourth-order valence-electron chi connectivity index (χ4n) is 3.59. The van der Waals surface area contributed by atoms with E-state index in [-0.39, 0.29) is 11.7 Å². The number of hydrogen-bond acceptors (Lipinski definition) is 5. The highest BCUT2D eigenvalue weighted by molar-refractivity contribution is 7.99. The van der Waals surface area contributed by atoms with E-state index in [0.717, 1.165) is 29.1 Å². The van der Waals surface area contributed by atoms with Gasteiger partial charge in [0.15, 0.2) is 11.0 Å². The third kappa shape index (κ3) is 6.05. The average molecular weight is 507 g/mol. The topological polar surface area (TPSA) is 69.0 Å². The number of halogens is 1. The lowest BCUT2D eigenvalue weighted by atomic mass is 9.99. The molecule has 6 nitrogen and oxygen atoms in total. The molecule has 4 aromatic rings. The SMILES string of the molecule is CC[C@@H](C)c1ccc(NC(=O)CSc2nnc(-c3cccc(OC)c3)n2-c2ccc(Cl)cc2)cc1. The number of amides is 1. The molecule has 0 spiro atoms. The quantitative estimate of drug-likeness (QED) is 0.252. The molecule has 0 aliphatic carbocycles. The van der Waals surface area contributed by atoms with E-state index in [1.54, 1.807) is 7.11 Å². The Morgan fingerprint density at radius 3 is 2.51 bits per heavy atom. The molecule has 0 saturated heterocycles. The van der Waals surface area contributed by atoms with Gasteiger partial charge in [-0.2, -0.15) is 0 Å². The van der Waals surface area contributed by atoms with Crippen molar-refractivity contribution in [3.05, 3.63) is 83.4 Å². The van der Waals surface area contributed by atoms with Crippen LogP contribution in [0, 0.1) is 0 Å². The minimum atomic E-state index is -0.111. The van der Waals surface area contributed by atoms with Crippen LogP contribution in [0.15, 0.2) is 78.0 Å². The van der Waals surface area contributed by atoms with E-state index in [2.05, 4.69) is 41.5 Å². The summed E-state index contributed by atoms with van der Waals surface area (Å²) in [6.45, 7) is 4.36. The fraction of sp³-hybridized carbons (Fsp3) is 0.222. The Labute approximate surface area is 214 Å². The van der Waals surface area contributed by atoms with Crippen LogP contribution >= 0.6 is 23.4 Å². The number of carbonyl (C=O) groups is 1. The zero-order valence-electron chi connectivity index (χ0n) is 19.9. The van der Waals surface area contributed by atoms with E-state index < -0.39 is 0 Å². The number of thioether (sulfide) groups is 1. The summed E-state index contributed by atoms with van der Waals surface area (Å²) in [5, 5.41) is 13.0. The van der Waals surface area contributed by atoms with Gasteiger partial charge in [0.05, 0.1) is 12.9 Å². The van der Waals surface area contributed by atoms with Gasteiger partial charge in [0.1, 0.15) is 5.75 Å². The van der Waals surface area contributed by atoms with Gasteiger partial charge in [-0.1, -0.05) is 61.5 Å². The second kappa shape index (κ2) is 11.4. The molecule has 1 aromatic heterocycles. The van der Waals surface area contributed by atoms with Gasteiger partial charge in [0.2, 0.25) is 5.91 Å². The molecule has 1 heterocycles. The van der Waals surface area contributed by atoms with Crippen LogP contribution in [0.3, 0.4) is 0 Å².